The summed E-state index contributed by atoms with van der Waals surface area (Å²) in [5.74, 6) is 0.949. The molecule has 0 saturated heterocycles. The van der Waals surface area contributed by atoms with Crippen molar-refractivity contribution in [3.8, 4) is 17.0 Å². The average molecular weight is 423 g/mol. The molecule has 0 spiro atoms. The highest BCUT2D eigenvalue weighted by atomic mass is 79.9. The lowest BCUT2D eigenvalue weighted by molar-refractivity contribution is -0.0508. The van der Waals surface area contributed by atoms with Gasteiger partial charge >= 0.3 is 6.61 Å². The molecule has 3 rings (SSSR count). The average Bonchev–Trinajstić information content (AvgIpc) is 2.97. The van der Waals surface area contributed by atoms with Gasteiger partial charge in [0.15, 0.2) is 0 Å². The predicted octanol–water partition coefficient (Wildman–Crippen LogP) is 4.77. The number of rotatable bonds is 6. The van der Waals surface area contributed by atoms with E-state index in [2.05, 4.69) is 31.3 Å². The van der Waals surface area contributed by atoms with Crippen LogP contribution in [-0.4, -0.2) is 21.4 Å². The molecule has 1 aromatic carbocycles. The first-order valence-electron chi connectivity index (χ1n) is 7.86. The Kier molecular flexibility index (Phi) is 5.51. The Bertz CT molecular complexity index is 900. The van der Waals surface area contributed by atoms with E-state index in [0.717, 1.165) is 21.5 Å². The van der Waals surface area contributed by atoms with Gasteiger partial charge in [0.25, 0.3) is 0 Å². The van der Waals surface area contributed by atoms with Gasteiger partial charge in [-0.3, -0.25) is 9.67 Å². The number of hydrogen-bond donors (Lipinski definition) is 1. The van der Waals surface area contributed by atoms with Crippen LogP contribution in [0, 0.1) is 6.92 Å². The lowest BCUT2D eigenvalue weighted by Gasteiger charge is -2.15. The third-order valence-corrected chi connectivity index (χ3v) is 4.30. The second-order valence-corrected chi connectivity index (χ2v) is 6.63. The Morgan fingerprint density at radius 1 is 1.23 bits per heavy atom. The van der Waals surface area contributed by atoms with Gasteiger partial charge in [-0.1, -0.05) is 15.9 Å². The van der Waals surface area contributed by atoms with Crippen molar-refractivity contribution in [3.63, 3.8) is 0 Å². The SMILES string of the molecule is Cc1cc(Br)cc(CNc2cc(-c3ccncc3)nn2C)c1OC(F)F. The van der Waals surface area contributed by atoms with E-state index in [-0.39, 0.29) is 5.75 Å². The smallest absolute Gasteiger partial charge is 0.387 e. The maximum Gasteiger partial charge on any atom is 0.387 e. The fraction of sp³-hybridized carbons (Fsp3) is 0.222. The molecule has 2 aromatic heterocycles. The number of aryl methyl sites for hydroxylation is 2. The molecule has 0 aliphatic heterocycles. The van der Waals surface area contributed by atoms with Gasteiger partial charge in [-0.25, -0.2) is 0 Å². The van der Waals surface area contributed by atoms with E-state index >= 15 is 0 Å². The minimum atomic E-state index is -2.87. The number of halogens is 3. The molecule has 8 heteroatoms. The molecule has 0 fully saturated rings. The van der Waals surface area contributed by atoms with Crippen molar-refractivity contribution in [3.05, 3.63) is 58.3 Å². The van der Waals surface area contributed by atoms with E-state index in [1.807, 2.05) is 25.2 Å². The third kappa shape index (κ3) is 4.19. The van der Waals surface area contributed by atoms with Crippen molar-refractivity contribution < 1.29 is 13.5 Å². The Hall–Kier alpha value is -2.48. The van der Waals surface area contributed by atoms with Crippen LogP contribution in [0.5, 0.6) is 5.75 Å². The van der Waals surface area contributed by atoms with E-state index in [9.17, 15) is 8.78 Å². The topological polar surface area (TPSA) is 52.0 Å². The standard InChI is InChI=1S/C18H17BrF2N4O/c1-11-7-14(19)8-13(17(11)26-18(20)21)10-23-16-9-15(24-25(16)2)12-3-5-22-6-4-12/h3-9,18,23H,10H2,1-2H3. The second-order valence-electron chi connectivity index (χ2n) is 5.72. The van der Waals surface area contributed by atoms with Gasteiger partial charge in [0.2, 0.25) is 0 Å². The van der Waals surface area contributed by atoms with Crippen LogP contribution in [0.1, 0.15) is 11.1 Å². The third-order valence-electron chi connectivity index (χ3n) is 3.84. The van der Waals surface area contributed by atoms with Crippen molar-refractivity contribution in [1.82, 2.24) is 14.8 Å². The first kappa shape index (κ1) is 18.3. The summed E-state index contributed by atoms with van der Waals surface area (Å²) in [5, 5.41) is 7.69. The number of pyridine rings is 1. The number of alkyl halides is 2. The van der Waals surface area contributed by atoms with Gasteiger partial charge in [0.05, 0.1) is 5.69 Å². The lowest BCUT2D eigenvalue weighted by atomic mass is 10.1. The summed E-state index contributed by atoms with van der Waals surface area (Å²) in [4.78, 5) is 4.00. The Balaban J connectivity index is 1.82. The van der Waals surface area contributed by atoms with Crippen molar-refractivity contribution in [2.75, 3.05) is 5.32 Å². The quantitative estimate of drug-likeness (QED) is 0.621. The van der Waals surface area contributed by atoms with Crippen molar-refractivity contribution >= 4 is 21.7 Å². The molecule has 136 valence electrons. The zero-order valence-corrected chi connectivity index (χ0v) is 15.8. The first-order valence-corrected chi connectivity index (χ1v) is 8.65. The van der Waals surface area contributed by atoms with E-state index in [4.69, 9.17) is 4.74 Å². The van der Waals surface area contributed by atoms with Crippen LogP contribution < -0.4 is 10.1 Å². The molecule has 0 amide bonds. The van der Waals surface area contributed by atoms with Gasteiger partial charge in [0, 0.05) is 47.7 Å². The molecule has 0 radical (unpaired) electrons. The highest BCUT2D eigenvalue weighted by Crippen LogP contribution is 2.30. The molecule has 26 heavy (non-hydrogen) atoms. The van der Waals surface area contributed by atoms with E-state index in [1.165, 1.54) is 0 Å². The molecular formula is C18H17BrF2N4O. The Morgan fingerprint density at radius 2 is 1.96 bits per heavy atom. The fourth-order valence-corrected chi connectivity index (χ4v) is 3.29. The summed E-state index contributed by atoms with van der Waals surface area (Å²) in [6.45, 7) is -0.821. The summed E-state index contributed by atoms with van der Waals surface area (Å²) in [5.41, 5.74) is 3.01. The predicted molar refractivity (Wildman–Crippen MR) is 99.3 cm³/mol. The molecule has 0 unspecified atom stereocenters. The number of benzene rings is 1. The summed E-state index contributed by atoms with van der Waals surface area (Å²) in [6.07, 6.45) is 3.41. The summed E-state index contributed by atoms with van der Waals surface area (Å²) < 4.78 is 32.7. The van der Waals surface area contributed by atoms with E-state index in [1.54, 1.807) is 36.1 Å². The molecule has 0 saturated carbocycles. The second kappa shape index (κ2) is 7.82. The molecule has 1 N–H and O–H groups in total. The Labute approximate surface area is 158 Å². The molecule has 5 nitrogen and oxygen atoms in total. The molecule has 0 aliphatic carbocycles. The zero-order chi connectivity index (χ0) is 18.7. The summed E-state index contributed by atoms with van der Waals surface area (Å²) in [6, 6.07) is 9.15. The van der Waals surface area contributed by atoms with Crippen LogP contribution in [0.3, 0.4) is 0 Å². The highest BCUT2D eigenvalue weighted by Gasteiger charge is 2.15. The summed E-state index contributed by atoms with van der Waals surface area (Å²) in [7, 11) is 1.82. The normalized spacial score (nSPS) is 11.0. The minimum absolute atomic E-state index is 0.187. The van der Waals surface area contributed by atoms with Crippen LogP contribution in [0.2, 0.25) is 0 Å². The van der Waals surface area contributed by atoms with Crippen LogP contribution in [0.25, 0.3) is 11.3 Å². The van der Waals surface area contributed by atoms with Crippen LogP contribution in [-0.2, 0) is 13.6 Å². The van der Waals surface area contributed by atoms with Crippen LogP contribution >= 0.6 is 15.9 Å². The van der Waals surface area contributed by atoms with Crippen LogP contribution in [0.4, 0.5) is 14.6 Å². The maximum absolute atomic E-state index is 12.7. The lowest BCUT2D eigenvalue weighted by Crippen LogP contribution is -2.10. The van der Waals surface area contributed by atoms with Gasteiger partial charge in [0.1, 0.15) is 11.6 Å². The van der Waals surface area contributed by atoms with E-state index < -0.39 is 6.61 Å². The number of anilines is 1. The van der Waals surface area contributed by atoms with Crippen molar-refractivity contribution in [2.45, 2.75) is 20.1 Å². The van der Waals surface area contributed by atoms with Gasteiger partial charge in [-0.05, 0) is 36.8 Å². The maximum atomic E-state index is 12.7. The van der Waals surface area contributed by atoms with Gasteiger partial charge < -0.3 is 10.1 Å². The molecule has 0 atom stereocenters. The Morgan fingerprint density at radius 3 is 2.65 bits per heavy atom. The summed E-state index contributed by atoms with van der Waals surface area (Å²) >= 11 is 3.39. The van der Waals surface area contributed by atoms with Gasteiger partial charge in [-0.15, -0.1) is 0 Å². The molecule has 2 heterocycles. The van der Waals surface area contributed by atoms with Gasteiger partial charge in [-0.2, -0.15) is 13.9 Å². The minimum Gasteiger partial charge on any atom is -0.434 e. The van der Waals surface area contributed by atoms with Crippen molar-refractivity contribution in [2.24, 2.45) is 7.05 Å². The zero-order valence-electron chi connectivity index (χ0n) is 14.2. The monoisotopic (exact) mass is 422 g/mol. The molecule has 3 aromatic rings. The highest BCUT2D eigenvalue weighted by molar-refractivity contribution is 9.10. The number of nitrogens with one attached hydrogen (secondary N) is 1. The largest absolute Gasteiger partial charge is 0.434 e. The number of ether oxygens (including phenoxy) is 1. The molecule has 0 aliphatic rings. The van der Waals surface area contributed by atoms with Crippen LogP contribution in [0.15, 0.2) is 47.2 Å². The van der Waals surface area contributed by atoms with Crippen molar-refractivity contribution in [1.29, 1.82) is 0 Å². The molecular weight excluding hydrogens is 406 g/mol. The first-order chi connectivity index (χ1) is 12.4. The molecule has 0 bridgehead atoms. The number of hydrogen-bond acceptors (Lipinski definition) is 4. The fourth-order valence-electron chi connectivity index (χ4n) is 2.67. The van der Waals surface area contributed by atoms with E-state index in [0.29, 0.717) is 17.7 Å². The number of nitrogens with zero attached hydrogens (tertiary/aromatic N) is 3. The number of aromatic nitrogens is 3.